The second-order valence-electron chi connectivity index (χ2n) is 6.58. The number of nitrogens with zero attached hydrogens (tertiary/aromatic N) is 3. The van der Waals surface area contributed by atoms with Crippen LogP contribution in [0.15, 0.2) is 54.6 Å². The van der Waals surface area contributed by atoms with Gasteiger partial charge in [-0.2, -0.15) is 0 Å². The van der Waals surface area contributed by atoms with Crippen molar-refractivity contribution in [3.05, 3.63) is 76.3 Å². The number of rotatable bonds is 6. The third-order valence-corrected chi connectivity index (χ3v) is 5.69. The Morgan fingerprint density at radius 2 is 1.62 bits per heavy atom. The SMILES string of the molecule is CCc1nnc(NC(=O)[C@H](Cc2ccccc2)N2C(=O)c3ccccc3C2=O)s1. The quantitative estimate of drug-likeness (QED) is 0.636. The van der Waals surface area contributed by atoms with Crippen LogP contribution in [0.25, 0.3) is 0 Å². The normalized spacial score (nSPS) is 14.0. The fourth-order valence-corrected chi connectivity index (χ4v) is 3.95. The third kappa shape index (κ3) is 3.66. The molecular formula is C21H18N4O3S. The fourth-order valence-electron chi connectivity index (χ4n) is 3.27. The highest BCUT2D eigenvalue weighted by Gasteiger charge is 2.42. The number of benzene rings is 2. The first-order valence-electron chi connectivity index (χ1n) is 9.22. The Labute approximate surface area is 171 Å². The highest BCUT2D eigenvalue weighted by Crippen LogP contribution is 2.27. The molecule has 0 fully saturated rings. The Morgan fingerprint density at radius 1 is 1.00 bits per heavy atom. The van der Waals surface area contributed by atoms with E-state index < -0.39 is 23.8 Å². The molecule has 0 aliphatic carbocycles. The number of aromatic nitrogens is 2. The van der Waals surface area contributed by atoms with Crippen LogP contribution in [0.5, 0.6) is 0 Å². The lowest BCUT2D eigenvalue weighted by molar-refractivity contribution is -0.119. The number of imide groups is 1. The molecule has 2 heterocycles. The van der Waals surface area contributed by atoms with E-state index in [1.807, 2.05) is 37.3 Å². The molecule has 7 nitrogen and oxygen atoms in total. The van der Waals surface area contributed by atoms with Gasteiger partial charge in [0.2, 0.25) is 11.0 Å². The average Bonchev–Trinajstić information content (AvgIpc) is 3.30. The van der Waals surface area contributed by atoms with Gasteiger partial charge in [-0.05, 0) is 24.1 Å². The minimum Gasteiger partial charge on any atom is -0.299 e. The molecule has 0 unspecified atom stereocenters. The van der Waals surface area contributed by atoms with Gasteiger partial charge >= 0.3 is 0 Å². The zero-order valence-electron chi connectivity index (χ0n) is 15.7. The van der Waals surface area contributed by atoms with E-state index in [0.717, 1.165) is 15.5 Å². The summed E-state index contributed by atoms with van der Waals surface area (Å²) in [6.07, 6.45) is 0.914. The first-order chi connectivity index (χ1) is 14.1. The molecule has 0 saturated carbocycles. The number of hydrogen-bond donors (Lipinski definition) is 1. The number of carbonyl (C=O) groups excluding carboxylic acids is 3. The number of nitrogens with one attached hydrogen (secondary N) is 1. The Balaban J connectivity index is 1.66. The lowest BCUT2D eigenvalue weighted by atomic mass is 10.0. The second kappa shape index (κ2) is 7.92. The topological polar surface area (TPSA) is 92.3 Å². The molecule has 1 aliphatic heterocycles. The van der Waals surface area contributed by atoms with Crippen LogP contribution in [0.1, 0.15) is 38.2 Å². The van der Waals surface area contributed by atoms with Gasteiger partial charge in [-0.25, -0.2) is 0 Å². The van der Waals surface area contributed by atoms with Gasteiger partial charge in [-0.3, -0.25) is 24.6 Å². The van der Waals surface area contributed by atoms with Crippen LogP contribution in [-0.2, 0) is 17.6 Å². The second-order valence-corrected chi connectivity index (χ2v) is 7.64. The molecule has 4 rings (SSSR count). The largest absolute Gasteiger partial charge is 0.299 e. The molecule has 1 aliphatic rings. The van der Waals surface area contributed by atoms with Crippen molar-refractivity contribution in [1.29, 1.82) is 0 Å². The number of fused-ring (bicyclic) bond motifs is 1. The van der Waals surface area contributed by atoms with Crippen LogP contribution in [0.3, 0.4) is 0 Å². The standard InChI is InChI=1S/C21H18N4O3S/c1-2-17-23-24-21(29-17)22-18(26)16(12-13-8-4-3-5-9-13)25-19(27)14-10-6-7-11-15(14)20(25)28/h3-11,16H,2,12H2,1H3,(H,22,24,26)/t16-/m0/s1. The summed E-state index contributed by atoms with van der Waals surface area (Å²) < 4.78 is 0. The molecule has 8 heteroatoms. The zero-order chi connectivity index (χ0) is 20.4. The van der Waals surface area contributed by atoms with Crippen LogP contribution >= 0.6 is 11.3 Å². The van der Waals surface area contributed by atoms with Gasteiger partial charge < -0.3 is 0 Å². The number of amides is 3. The highest BCUT2D eigenvalue weighted by atomic mass is 32.1. The van der Waals surface area contributed by atoms with Crippen molar-refractivity contribution in [2.45, 2.75) is 25.8 Å². The van der Waals surface area contributed by atoms with Gasteiger partial charge in [0.05, 0.1) is 11.1 Å². The fraction of sp³-hybridized carbons (Fsp3) is 0.190. The van der Waals surface area contributed by atoms with Crippen molar-refractivity contribution in [3.8, 4) is 0 Å². The summed E-state index contributed by atoms with van der Waals surface area (Å²) in [5.41, 5.74) is 1.47. The van der Waals surface area contributed by atoms with E-state index in [-0.39, 0.29) is 6.42 Å². The molecule has 1 N–H and O–H groups in total. The molecule has 0 spiro atoms. The third-order valence-electron chi connectivity index (χ3n) is 4.71. The number of anilines is 1. The summed E-state index contributed by atoms with van der Waals surface area (Å²) in [4.78, 5) is 40.1. The molecule has 146 valence electrons. The first kappa shape index (κ1) is 18.9. The maximum atomic E-state index is 13.1. The number of aryl methyl sites for hydroxylation is 1. The summed E-state index contributed by atoms with van der Waals surface area (Å²) in [5, 5.41) is 11.8. The molecule has 0 bridgehead atoms. The van der Waals surface area contributed by atoms with Gasteiger partial charge in [0.15, 0.2) is 0 Å². The van der Waals surface area contributed by atoms with Crippen molar-refractivity contribution in [2.75, 3.05) is 5.32 Å². The maximum absolute atomic E-state index is 13.1. The van der Waals surface area contributed by atoms with E-state index in [1.54, 1.807) is 24.3 Å². The minimum atomic E-state index is -1.00. The Hall–Kier alpha value is -3.39. The van der Waals surface area contributed by atoms with Crippen molar-refractivity contribution >= 4 is 34.2 Å². The summed E-state index contributed by atoms with van der Waals surface area (Å²) in [5.74, 6) is -1.40. The maximum Gasteiger partial charge on any atom is 0.262 e. The lowest BCUT2D eigenvalue weighted by Crippen LogP contribution is -2.48. The van der Waals surface area contributed by atoms with Crippen molar-refractivity contribution < 1.29 is 14.4 Å². The molecule has 2 aromatic carbocycles. The predicted molar refractivity (Wildman–Crippen MR) is 109 cm³/mol. The van der Waals surface area contributed by atoms with Crippen LogP contribution in [0, 0.1) is 0 Å². The lowest BCUT2D eigenvalue weighted by Gasteiger charge is -2.25. The summed E-state index contributed by atoms with van der Waals surface area (Å²) in [6, 6.07) is 14.9. The monoisotopic (exact) mass is 406 g/mol. The van der Waals surface area contributed by atoms with Crippen LogP contribution in [-0.4, -0.2) is 38.9 Å². The van der Waals surface area contributed by atoms with Gasteiger partial charge in [-0.15, -0.1) is 10.2 Å². The van der Waals surface area contributed by atoms with E-state index in [1.165, 1.54) is 11.3 Å². The molecular weight excluding hydrogens is 388 g/mol. The van der Waals surface area contributed by atoms with E-state index in [2.05, 4.69) is 15.5 Å². The van der Waals surface area contributed by atoms with Crippen molar-refractivity contribution in [2.24, 2.45) is 0 Å². The van der Waals surface area contributed by atoms with Crippen LogP contribution < -0.4 is 5.32 Å². The minimum absolute atomic E-state index is 0.206. The zero-order valence-corrected chi connectivity index (χ0v) is 16.5. The molecule has 1 atom stereocenters. The van der Waals surface area contributed by atoms with Crippen LogP contribution in [0.2, 0.25) is 0 Å². The van der Waals surface area contributed by atoms with Gasteiger partial charge in [0, 0.05) is 6.42 Å². The number of hydrogen-bond acceptors (Lipinski definition) is 6. The van der Waals surface area contributed by atoms with E-state index in [9.17, 15) is 14.4 Å². The molecule has 0 radical (unpaired) electrons. The van der Waals surface area contributed by atoms with Crippen molar-refractivity contribution in [3.63, 3.8) is 0 Å². The Bertz CT molecular complexity index is 1050. The van der Waals surface area contributed by atoms with E-state index >= 15 is 0 Å². The molecule has 0 saturated heterocycles. The first-order valence-corrected chi connectivity index (χ1v) is 10.0. The molecule has 3 amide bonds. The van der Waals surface area contributed by atoms with E-state index in [4.69, 9.17) is 0 Å². The molecule has 1 aromatic heterocycles. The Kier molecular flexibility index (Phi) is 5.18. The molecule has 29 heavy (non-hydrogen) atoms. The average molecular weight is 406 g/mol. The van der Waals surface area contributed by atoms with Gasteiger partial charge in [0.25, 0.3) is 11.8 Å². The van der Waals surface area contributed by atoms with Crippen LogP contribution in [0.4, 0.5) is 5.13 Å². The number of carbonyl (C=O) groups is 3. The van der Waals surface area contributed by atoms with Gasteiger partial charge in [-0.1, -0.05) is 60.7 Å². The van der Waals surface area contributed by atoms with Crippen molar-refractivity contribution in [1.82, 2.24) is 15.1 Å². The van der Waals surface area contributed by atoms with Gasteiger partial charge in [0.1, 0.15) is 11.0 Å². The van der Waals surface area contributed by atoms with E-state index in [0.29, 0.717) is 22.7 Å². The summed E-state index contributed by atoms with van der Waals surface area (Å²) in [7, 11) is 0. The Morgan fingerprint density at radius 3 is 2.21 bits per heavy atom. The highest BCUT2D eigenvalue weighted by molar-refractivity contribution is 7.15. The molecule has 3 aromatic rings. The summed E-state index contributed by atoms with van der Waals surface area (Å²) in [6.45, 7) is 1.95. The predicted octanol–water partition coefficient (Wildman–Crippen LogP) is 2.95. The summed E-state index contributed by atoms with van der Waals surface area (Å²) >= 11 is 1.27. The smallest absolute Gasteiger partial charge is 0.262 e.